The highest BCUT2D eigenvalue weighted by atomic mass is 32.2. The molecule has 0 bridgehead atoms. The van der Waals surface area contributed by atoms with E-state index < -0.39 is 0 Å². The van der Waals surface area contributed by atoms with Crippen LogP contribution in [0.4, 0.5) is 0 Å². The fourth-order valence-electron chi connectivity index (χ4n) is 2.54. The van der Waals surface area contributed by atoms with Gasteiger partial charge in [-0.15, -0.1) is 0 Å². The molecule has 2 aliphatic rings. The van der Waals surface area contributed by atoms with Crippen LogP contribution in [0.25, 0.3) is 0 Å². The molecule has 2 rings (SSSR count). The molecule has 2 fully saturated rings. The normalized spacial score (nSPS) is 38.8. The van der Waals surface area contributed by atoms with Crippen LogP contribution in [0.2, 0.25) is 0 Å². The molecule has 0 aromatic carbocycles. The quantitative estimate of drug-likeness (QED) is 0.773. The molecule has 0 spiro atoms. The van der Waals surface area contributed by atoms with Gasteiger partial charge in [0.2, 0.25) is 0 Å². The lowest BCUT2D eigenvalue weighted by Crippen LogP contribution is -2.36. The molecule has 14 heavy (non-hydrogen) atoms. The van der Waals surface area contributed by atoms with Crippen molar-refractivity contribution in [2.24, 2.45) is 11.8 Å². The first-order chi connectivity index (χ1) is 6.84. The van der Waals surface area contributed by atoms with Gasteiger partial charge in [-0.1, -0.05) is 6.92 Å². The molecule has 0 aromatic heterocycles. The highest BCUT2D eigenvalue weighted by molar-refractivity contribution is 7.99. The van der Waals surface area contributed by atoms with E-state index in [-0.39, 0.29) is 0 Å². The summed E-state index contributed by atoms with van der Waals surface area (Å²) in [6, 6.07) is 0.844. The Labute approximate surface area is 92.4 Å². The molecule has 0 radical (unpaired) electrons. The minimum Gasteiger partial charge on any atom is -0.314 e. The summed E-state index contributed by atoms with van der Waals surface area (Å²) >= 11 is 2.13. The first-order valence-electron chi connectivity index (χ1n) is 6.15. The largest absolute Gasteiger partial charge is 0.314 e. The molecule has 1 aliphatic carbocycles. The van der Waals surface area contributed by atoms with Crippen molar-refractivity contribution in [2.75, 3.05) is 18.1 Å². The van der Waals surface area contributed by atoms with E-state index in [9.17, 15) is 0 Å². The van der Waals surface area contributed by atoms with Gasteiger partial charge in [0.15, 0.2) is 0 Å². The zero-order chi connectivity index (χ0) is 9.80. The molecule has 1 atom stereocenters. The molecule has 1 saturated heterocycles. The molecule has 0 amide bonds. The zero-order valence-corrected chi connectivity index (χ0v) is 10.1. The minimum absolute atomic E-state index is 0.844. The summed E-state index contributed by atoms with van der Waals surface area (Å²) in [5, 5.41) is 3.77. The smallest absolute Gasteiger partial charge is 0.00673 e. The van der Waals surface area contributed by atoms with Crippen molar-refractivity contribution >= 4 is 11.8 Å². The van der Waals surface area contributed by atoms with E-state index in [1.807, 2.05) is 0 Å². The van der Waals surface area contributed by atoms with E-state index >= 15 is 0 Å². The Balaban J connectivity index is 1.60. The van der Waals surface area contributed by atoms with Crippen molar-refractivity contribution < 1.29 is 0 Å². The number of thioether (sulfide) groups is 1. The Morgan fingerprint density at radius 1 is 1.14 bits per heavy atom. The highest BCUT2D eigenvalue weighted by Gasteiger charge is 2.20. The van der Waals surface area contributed by atoms with Crippen LogP contribution in [0, 0.1) is 11.8 Å². The highest BCUT2D eigenvalue weighted by Crippen LogP contribution is 2.25. The first kappa shape index (κ1) is 10.8. The van der Waals surface area contributed by atoms with Gasteiger partial charge in [0, 0.05) is 6.04 Å². The molecule has 0 aromatic rings. The Bertz CT molecular complexity index is 158. The molecule has 1 N–H and O–H groups in total. The number of rotatable bonds is 3. The van der Waals surface area contributed by atoms with Gasteiger partial charge in [0.25, 0.3) is 0 Å². The van der Waals surface area contributed by atoms with Gasteiger partial charge in [-0.05, 0) is 62.0 Å². The van der Waals surface area contributed by atoms with Crippen LogP contribution >= 0.6 is 11.8 Å². The predicted octanol–water partition coefficient (Wildman–Crippen LogP) is 2.91. The standard InChI is InChI=1S/C12H23NS/c1-10-2-4-12(5-3-10)13-8-11-6-7-14-9-11/h10-13H,2-9H2,1H3. The average molecular weight is 213 g/mol. The molecule has 1 saturated carbocycles. The Morgan fingerprint density at radius 3 is 2.57 bits per heavy atom. The van der Waals surface area contributed by atoms with Gasteiger partial charge in [-0.2, -0.15) is 11.8 Å². The maximum Gasteiger partial charge on any atom is 0.00673 e. The minimum atomic E-state index is 0.844. The Kier molecular flexibility index (Phi) is 4.18. The first-order valence-corrected chi connectivity index (χ1v) is 7.31. The topological polar surface area (TPSA) is 12.0 Å². The van der Waals surface area contributed by atoms with E-state index in [0.717, 1.165) is 17.9 Å². The molecule has 1 heterocycles. The van der Waals surface area contributed by atoms with Crippen molar-refractivity contribution in [1.29, 1.82) is 0 Å². The van der Waals surface area contributed by atoms with Gasteiger partial charge in [-0.3, -0.25) is 0 Å². The monoisotopic (exact) mass is 213 g/mol. The number of nitrogens with one attached hydrogen (secondary N) is 1. The maximum atomic E-state index is 3.77. The fourth-order valence-corrected chi connectivity index (χ4v) is 3.83. The second-order valence-corrected chi connectivity index (χ2v) is 6.24. The van der Waals surface area contributed by atoms with Crippen LogP contribution in [-0.2, 0) is 0 Å². The summed E-state index contributed by atoms with van der Waals surface area (Å²) in [7, 11) is 0. The lowest BCUT2D eigenvalue weighted by atomic mass is 9.87. The summed E-state index contributed by atoms with van der Waals surface area (Å²) < 4.78 is 0. The summed E-state index contributed by atoms with van der Waals surface area (Å²) in [6.07, 6.45) is 7.16. The molecular weight excluding hydrogens is 190 g/mol. The van der Waals surface area contributed by atoms with E-state index in [1.165, 1.54) is 50.2 Å². The van der Waals surface area contributed by atoms with Crippen molar-refractivity contribution in [3.63, 3.8) is 0 Å². The van der Waals surface area contributed by atoms with Gasteiger partial charge in [0.1, 0.15) is 0 Å². The third-order valence-electron chi connectivity index (χ3n) is 3.74. The van der Waals surface area contributed by atoms with Crippen LogP contribution in [-0.4, -0.2) is 24.1 Å². The lowest BCUT2D eigenvalue weighted by molar-refractivity contribution is 0.298. The van der Waals surface area contributed by atoms with Gasteiger partial charge in [0.05, 0.1) is 0 Å². The Hall–Kier alpha value is 0.310. The molecule has 2 heteroatoms. The SMILES string of the molecule is CC1CCC(NCC2CCSC2)CC1. The summed E-state index contributed by atoms with van der Waals surface area (Å²) in [6.45, 7) is 3.68. The molecule has 1 aliphatic heterocycles. The third kappa shape index (κ3) is 3.16. The van der Waals surface area contributed by atoms with Crippen LogP contribution < -0.4 is 5.32 Å². The van der Waals surface area contributed by atoms with E-state index in [1.54, 1.807) is 0 Å². The number of hydrogen-bond acceptors (Lipinski definition) is 2. The number of hydrogen-bond donors (Lipinski definition) is 1. The maximum absolute atomic E-state index is 3.77. The summed E-state index contributed by atoms with van der Waals surface area (Å²) in [5.74, 6) is 4.75. The van der Waals surface area contributed by atoms with Crippen LogP contribution in [0.5, 0.6) is 0 Å². The second-order valence-electron chi connectivity index (χ2n) is 5.09. The summed E-state index contributed by atoms with van der Waals surface area (Å²) in [5.41, 5.74) is 0. The predicted molar refractivity (Wildman–Crippen MR) is 64.9 cm³/mol. The lowest BCUT2D eigenvalue weighted by Gasteiger charge is -2.28. The van der Waals surface area contributed by atoms with Crippen LogP contribution in [0.15, 0.2) is 0 Å². The Morgan fingerprint density at radius 2 is 1.93 bits per heavy atom. The molecule has 1 nitrogen and oxygen atoms in total. The van der Waals surface area contributed by atoms with Crippen LogP contribution in [0.3, 0.4) is 0 Å². The van der Waals surface area contributed by atoms with Gasteiger partial charge < -0.3 is 5.32 Å². The molecule has 82 valence electrons. The molecule has 1 unspecified atom stereocenters. The zero-order valence-electron chi connectivity index (χ0n) is 9.30. The fraction of sp³-hybridized carbons (Fsp3) is 1.00. The van der Waals surface area contributed by atoms with E-state index in [0.29, 0.717) is 0 Å². The van der Waals surface area contributed by atoms with Crippen molar-refractivity contribution in [3.8, 4) is 0 Å². The van der Waals surface area contributed by atoms with Gasteiger partial charge >= 0.3 is 0 Å². The van der Waals surface area contributed by atoms with E-state index in [2.05, 4.69) is 24.0 Å². The van der Waals surface area contributed by atoms with Gasteiger partial charge in [-0.25, -0.2) is 0 Å². The third-order valence-corrected chi connectivity index (χ3v) is 4.97. The van der Waals surface area contributed by atoms with E-state index in [4.69, 9.17) is 0 Å². The van der Waals surface area contributed by atoms with Crippen LogP contribution in [0.1, 0.15) is 39.0 Å². The van der Waals surface area contributed by atoms with Crippen molar-refractivity contribution in [3.05, 3.63) is 0 Å². The second kappa shape index (κ2) is 5.41. The van der Waals surface area contributed by atoms with Crippen molar-refractivity contribution in [2.45, 2.75) is 45.1 Å². The molecular formula is C12H23NS. The summed E-state index contributed by atoms with van der Waals surface area (Å²) in [4.78, 5) is 0. The van der Waals surface area contributed by atoms with Crippen molar-refractivity contribution in [1.82, 2.24) is 5.32 Å². The average Bonchev–Trinajstić information content (AvgIpc) is 2.70.